The van der Waals surface area contributed by atoms with Crippen molar-refractivity contribution < 1.29 is 14.7 Å². The highest BCUT2D eigenvalue weighted by molar-refractivity contribution is 8.00. The Labute approximate surface area is 122 Å². The van der Waals surface area contributed by atoms with Gasteiger partial charge in [0.1, 0.15) is 6.04 Å². The summed E-state index contributed by atoms with van der Waals surface area (Å²) >= 11 is 1.85. The van der Waals surface area contributed by atoms with Crippen molar-refractivity contribution in [3.8, 4) is 0 Å². The lowest BCUT2D eigenvalue weighted by Gasteiger charge is -2.18. The maximum atomic E-state index is 11.3. The van der Waals surface area contributed by atoms with Gasteiger partial charge < -0.3 is 21.1 Å². The summed E-state index contributed by atoms with van der Waals surface area (Å²) in [6.45, 7) is 4.07. The van der Waals surface area contributed by atoms with Gasteiger partial charge in [0.25, 0.3) is 0 Å². The monoisotopic (exact) mass is 299 g/mol. The molecule has 0 aliphatic carbocycles. The van der Waals surface area contributed by atoms with Crippen molar-refractivity contribution >= 4 is 23.8 Å². The van der Waals surface area contributed by atoms with Crippen LogP contribution in [0.1, 0.15) is 19.3 Å². The second-order valence-corrected chi connectivity index (χ2v) is 6.41. The van der Waals surface area contributed by atoms with E-state index in [1.165, 1.54) is 0 Å². The predicted octanol–water partition coefficient (Wildman–Crippen LogP) is 0.551. The van der Waals surface area contributed by atoms with Gasteiger partial charge in [-0.3, -0.25) is 4.79 Å². The third kappa shape index (κ3) is 3.67. The van der Waals surface area contributed by atoms with Crippen molar-refractivity contribution in [3.05, 3.63) is 12.7 Å². The summed E-state index contributed by atoms with van der Waals surface area (Å²) in [5.74, 6) is 0.116. The lowest BCUT2D eigenvalue weighted by molar-refractivity contribution is -0.139. The summed E-state index contributed by atoms with van der Waals surface area (Å²) in [6.07, 6.45) is 4.01. The molecule has 2 amide bonds. The Kier molecular flexibility index (Phi) is 5.31. The topological polar surface area (TPSA) is 90.5 Å². The quantitative estimate of drug-likeness (QED) is 0.388. The molecule has 0 saturated carbocycles. The first-order chi connectivity index (χ1) is 9.61. The van der Waals surface area contributed by atoms with Crippen LogP contribution < -0.4 is 16.0 Å². The first-order valence-corrected chi connectivity index (χ1v) is 7.92. The highest BCUT2D eigenvalue weighted by atomic mass is 32.2. The van der Waals surface area contributed by atoms with Gasteiger partial charge in [-0.15, -0.1) is 6.58 Å². The van der Waals surface area contributed by atoms with Gasteiger partial charge in [-0.25, -0.2) is 4.79 Å². The molecule has 2 rings (SSSR count). The molecular weight excluding hydrogens is 278 g/mol. The molecule has 2 aliphatic heterocycles. The van der Waals surface area contributed by atoms with Crippen molar-refractivity contribution in [2.75, 3.05) is 12.3 Å². The molecule has 2 aliphatic rings. The van der Waals surface area contributed by atoms with Crippen LogP contribution in [0.15, 0.2) is 12.7 Å². The van der Waals surface area contributed by atoms with Crippen molar-refractivity contribution in [3.63, 3.8) is 0 Å². The number of carboxylic acid groups (broad SMARTS) is 1. The molecule has 2 fully saturated rings. The van der Waals surface area contributed by atoms with Crippen LogP contribution in [-0.4, -0.2) is 52.8 Å². The van der Waals surface area contributed by atoms with Crippen LogP contribution in [0.5, 0.6) is 0 Å². The molecule has 0 radical (unpaired) electrons. The van der Waals surface area contributed by atoms with Crippen molar-refractivity contribution in [2.24, 2.45) is 0 Å². The van der Waals surface area contributed by atoms with Crippen molar-refractivity contribution in [1.29, 1.82) is 0 Å². The van der Waals surface area contributed by atoms with Gasteiger partial charge in [-0.2, -0.15) is 11.8 Å². The zero-order valence-electron chi connectivity index (χ0n) is 11.3. The van der Waals surface area contributed by atoms with E-state index in [9.17, 15) is 9.59 Å². The lowest BCUT2D eigenvalue weighted by atomic mass is 10.0. The Bertz CT molecular complexity index is 391. The molecule has 2 heterocycles. The molecule has 1 unspecified atom stereocenters. The van der Waals surface area contributed by atoms with Crippen LogP contribution in [-0.2, 0) is 4.79 Å². The minimum atomic E-state index is -0.820. The number of carbonyl (C=O) groups is 2. The number of thioether (sulfide) groups is 1. The SMILES string of the molecule is C=CCNC(CCC[C@@H]1SC[C@@H]2NC(=O)N[C@@H]21)C(=O)O. The van der Waals surface area contributed by atoms with Gasteiger partial charge in [-0.1, -0.05) is 12.5 Å². The van der Waals surface area contributed by atoms with Crippen molar-refractivity contribution in [1.82, 2.24) is 16.0 Å². The third-order valence-corrected chi connectivity index (χ3v) is 5.23. The van der Waals surface area contributed by atoms with Crippen LogP contribution in [0.2, 0.25) is 0 Å². The van der Waals surface area contributed by atoms with E-state index in [2.05, 4.69) is 22.5 Å². The summed E-state index contributed by atoms with van der Waals surface area (Å²) in [7, 11) is 0. The van der Waals surface area contributed by atoms with Crippen LogP contribution in [0.4, 0.5) is 4.79 Å². The number of fused-ring (bicyclic) bond motifs is 1. The number of carboxylic acids is 1. The Morgan fingerprint density at radius 2 is 2.40 bits per heavy atom. The smallest absolute Gasteiger partial charge is 0.320 e. The zero-order chi connectivity index (χ0) is 14.5. The molecule has 0 spiro atoms. The van der Waals surface area contributed by atoms with E-state index in [1.807, 2.05) is 11.8 Å². The number of aliphatic carboxylic acids is 1. The minimum absolute atomic E-state index is 0.0821. The van der Waals surface area contributed by atoms with E-state index in [4.69, 9.17) is 5.11 Å². The average molecular weight is 299 g/mol. The molecular formula is C13H21N3O3S. The average Bonchev–Trinajstić information content (AvgIpc) is 2.93. The minimum Gasteiger partial charge on any atom is -0.480 e. The fourth-order valence-corrected chi connectivity index (χ4v) is 4.25. The van der Waals surface area contributed by atoms with Crippen LogP contribution in [0, 0.1) is 0 Å². The predicted molar refractivity (Wildman–Crippen MR) is 79.0 cm³/mol. The van der Waals surface area contributed by atoms with Crippen LogP contribution in [0.3, 0.4) is 0 Å². The highest BCUT2D eigenvalue weighted by Crippen LogP contribution is 2.33. The molecule has 0 aromatic carbocycles. The van der Waals surface area contributed by atoms with E-state index >= 15 is 0 Å². The maximum absolute atomic E-state index is 11.3. The number of nitrogens with one attached hydrogen (secondary N) is 3. The van der Waals surface area contributed by atoms with E-state index in [0.29, 0.717) is 18.2 Å². The standard InChI is InChI=1S/C13H21N3O3S/c1-2-6-14-8(12(17)18)4-3-5-10-11-9(7-20-10)15-13(19)16-11/h2,8-11,14H,1,3-7H2,(H,17,18)(H2,15,16,19)/t8?,9-,10-,11-/m0/s1. The Morgan fingerprint density at radius 3 is 3.10 bits per heavy atom. The number of rotatable bonds is 8. The molecule has 20 heavy (non-hydrogen) atoms. The normalized spacial score (nSPS) is 29.4. The summed E-state index contributed by atoms with van der Waals surface area (Å²) < 4.78 is 0. The third-order valence-electron chi connectivity index (χ3n) is 3.73. The number of carbonyl (C=O) groups excluding carboxylic acids is 1. The fraction of sp³-hybridized carbons (Fsp3) is 0.692. The van der Waals surface area contributed by atoms with Gasteiger partial charge in [0.2, 0.25) is 0 Å². The van der Waals surface area contributed by atoms with Gasteiger partial charge in [0.05, 0.1) is 12.1 Å². The molecule has 0 bridgehead atoms. The van der Waals surface area contributed by atoms with Gasteiger partial charge in [-0.05, 0) is 12.8 Å². The number of hydrogen-bond donors (Lipinski definition) is 4. The number of hydrogen-bond acceptors (Lipinski definition) is 4. The Balaban J connectivity index is 1.73. The van der Waals surface area contributed by atoms with Crippen LogP contribution >= 0.6 is 11.8 Å². The molecule has 7 heteroatoms. The summed E-state index contributed by atoms with van der Waals surface area (Å²) in [5.41, 5.74) is 0. The molecule has 112 valence electrons. The first kappa shape index (κ1) is 15.2. The van der Waals surface area contributed by atoms with E-state index in [-0.39, 0.29) is 18.1 Å². The number of urea groups is 1. The highest BCUT2D eigenvalue weighted by Gasteiger charge is 2.42. The fourth-order valence-electron chi connectivity index (χ4n) is 2.70. The molecule has 0 aromatic heterocycles. The van der Waals surface area contributed by atoms with Crippen LogP contribution in [0.25, 0.3) is 0 Å². The number of amides is 2. The molecule has 2 saturated heterocycles. The largest absolute Gasteiger partial charge is 0.480 e. The summed E-state index contributed by atoms with van der Waals surface area (Å²) in [4.78, 5) is 22.4. The molecule has 4 N–H and O–H groups in total. The second-order valence-electron chi connectivity index (χ2n) is 5.14. The molecule has 6 nitrogen and oxygen atoms in total. The second kappa shape index (κ2) is 6.99. The lowest BCUT2D eigenvalue weighted by Crippen LogP contribution is -2.38. The first-order valence-electron chi connectivity index (χ1n) is 6.87. The maximum Gasteiger partial charge on any atom is 0.320 e. The van der Waals surface area contributed by atoms with E-state index < -0.39 is 12.0 Å². The van der Waals surface area contributed by atoms with E-state index in [1.54, 1.807) is 6.08 Å². The summed E-state index contributed by atoms with van der Waals surface area (Å²) in [5, 5.41) is 18.3. The van der Waals surface area contributed by atoms with Gasteiger partial charge in [0, 0.05) is 17.5 Å². The summed E-state index contributed by atoms with van der Waals surface area (Å²) in [6, 6.07) is -0.184. The van der Waals surface area contributed by atoms with E-state index in [0.717, 1.165) is 18.6 Å². The van der Waals surface area contributed by atoms with Gasteiger partial charge >= 0.3 is 12.0 Å². The Hall–Kier alpha value is -1.21. The zero-order valence-corrected chi connectivity index (χ0v) is 12.1. The molecule has 0 aromatic rings. The Morgan fingerprint density at radius 1 is 1.60 bits per heavy atom. The van der Waals surface area contributed by atoms with Crippen molar-refractivity contribution in [2.45, 2.75) is 42.6 Å². The molecule has 4 atom stereocenters. The van der Waals surface area contributed by atoms with Gasteiger partial charge in [0.15, 0.2) is 0 Å².